The smallest absolute Gasteiger partial charge is 0.238 e. The first-order valence-electron chi connectivity index (χ1n) is 9.35. The number of aryl methyl sites for hydroxylation is 2. The molecular weight excluding hydrogens is 373 g/mol. The fraction of sp³-hybridized carbons (Fsp3) is 0.273. The maximum atomic E-state index is 13.4. The molecule has 6 heteroatoms. The molecule has 0 radical (unpaired) electrons. The molecule has 1 unspecified atom stereocenters. The van der Waals surface area contributed by atoms with E-state index in [9.17, 15) is 9.18 Å². The summed E-state index contributed by atoms with van der Waals surface area (Å²) in [4.78, 5) is 17.4. The van der Waals surface area contributed by atoms with Gasteiger partial charge in [0.2, 0.25) is 5.91 Å². The van der Waals surface area contributed by atoms with Gasteiger partial charge in [0.05, 0.1) is 5.69 Å². The second-order valence-corrected chi connectivity index (χ2v) is 8.27. The van der Waals surface area contributed by atoms with Crippen molar-refractivity contribution >= 4 is 17.7 Å². The first-order valence-corrected chi connectivity index (χ1v) is 10.2. The molecule has 0 saturated heterocycles. The summed E-state index contributed by atoms with van der Waals surface area (Å²) >= 11 is 1.38. The Labute approximate surface area is 168 Å². The predicted molar refractivity (Wildman–Crippen MR) is 109 cm³/mol. The highest BCUT2D eigenvalue weighted by Gasteiger charge is 2.30. The molecule has 1 amide bonds. The molecule has 1 aromatic heterocycles. The summed E-state index contributed by atoms with van der Waals surface area (Å²) in [7, 11) is 0. The van der Waals surface area contributed by atoms with Gasteiger partial charge in [0, 0.05) is 18.4 Å². The largest absolute Gasteiger partial charge is 0.352 e. The van der Waals surface area contributed by atoms with Gasteiger partial charge in [0.15, 0.2) is 5.16 Å². The Hall–Kier alpha value is -2.60. The van der Waals surface area contributed by atoms with Gasteiger partial charge in [-0.2, -0.15) is 0 Å². The third-order valence-electron chi connectivity index (χ3n) is 4.78. The Kier molecular flexibility index (Phi) is 5.22. The van der Waals surface area contributed by atoms with Crippen LogP contribution >= 0.6 is 11.8 Å². The molecule has 4 rings (SSSR count). The lowest BCUT2D eigenvalue weighted by Gasteiger charge is -2.18. The van der Waals surface area contributed by atoms with Gasteiger partial charge in [0.25, 0.3) is 0 Å². The van der Waals surface area contributed by atoms with Crippen molar-refractivity contribution in [1.29, 1.82) is 0 Å². The summed E-state index contributed by atoms with van der Waals surface area (Å²) in [6.07, 6.45) is 5.68. The molecule has 0 bridgehead atoms. The molecule has 144 valence electrons. The second-order valence-electron chi connectivity index (χ2n) is 7.20. The van der Waals surface area contributed by atoms with Gasteiger partial charge in [-0.25, -0.2) is 9.37 Å². The number of halogens is 1. The first kappa shape index (κ1) is 18.7. The standard InChI is InChI=1S/C22H22FN3OS/c1-14-3-10-19(15(2)13-14)26-12-11-24-22(26)28-20(21(27)25-18-8-9-18)16-4-6-17(23)7-5-16/h3-7,10-13,18,20H,8-9H2,1-2H3,(H,25,27). The van der Waals surface area contributed by atoms with Crippen LogP contribution in [0.15, 0.2) is 60.0 Å². The number of amides is 1. The topological polar surface area (TPSA) is 46.9 Å². The van der Waals surface area contributed by atoms with Crippen LogP contribution in [-0.4, -0.2) is 21.5 Å². The van der Waals surface area contributed by atoms with Gasteiger partial charge in [-0.05, 0) is 56.0 Å². The Morgan fingerprint density at radius 3 is 2.64 bits per heavy atom. The summed E-state index contributed by atoms with van der Waals surface area (Å²) in [6.45, 7) is 4.13. The van der Waals surface area contributed by atoms with E-state index in [2.05, 4.69) is 42.3 Å². The quantitative estimate of drug-likeness (QED) is 0.613. The van der Waals surface area contributed by atoms with Crippen LogP contribution in [0.4, 0.5) is 4.39 Å². The minimum atomic E-state index is -0.492. The molecule has 1 saturated carbocycles. The fourth-order valence-corrected chi connectivity index (χ4v) is 4.23. The number of rotatable bonds is 6. The molecule has 1 aliphatic carbocycles. The van der Waals surface area contributed by atoms with Crippen LogP contribution in [-0.2, 0) is 4.79 Å². The Morgan fingerprint density at radius 1 is 1.21 bits per heavy atom. The van der Waals surface area contributed by atoms with E-state index in [1.807, 2.05) is 10.8 Å². The lowest BCUT2D eigenvalue weighted by Crippen LogP contribution is -2.30. The Morgan fingerprint density at radius 2 is 1.96 bits per heavy atom. The van der Waals surface area contributed by atoms with E-state index in [1.165, 1.54) is 29.5 Å². The predicted octanol–water partition coefficient (Wildman–Crippen LogP) is 4.74. The number of aromatic nitrogens is 2. The Bertz CT molecular complexity index is 995. The van der Waals surface area contributed by atoms with Gasteiger partial charge >= 0.3 is 0 Å². The minimum Gasteiger partial charge on any atom is -0.352 e. The van der Waals surface area contributed by atoms with Crippen molar-refractivity contribution in [3.05, 3.63) is 77.4 Å². The summed E-state index contributed by atoms with van der Waals surface area (Å²) in [5.41, 5.74) is 4.13. The Balaban J connectivity index is 1.66. The first-order chi connectivity index (χ1) is 13.5. The number of hydrogen-bond donors (Lipinski definition) is 1. The zero-order valence-electron chi connectivity index (χ0n) is 15.9. The van der Waals surface area contributed by atoms with E-state index in [-0.39, 0.29) is 17.8 Å². The normalized spacial score (nSPS) is 14.7. The number of nitrogens with one attached hydrogen (secondary N) is 1. The monoisotopic (exact) mass is 395 g/mol. The molecule has 0 aliphatic heterocycles. The zero-order valence-corrected chi connectivity index (χ0v) is 16.7. The van der Waals surface area contributed by atoms with E-state index >= 15 is 0 Å². The van der Waals surface area contributed by atoms with Gasteiger partial charge in [0.1, 0.15) is 11.1 Å². The van der Waals surface area contributed by atoms with Crippen molar-refractivity contribution < 1.29 is 9.18 Å². The SMILES string of the molecule is Cc1ccc(-n2ccnc2SC(C(=O)NC2CC2)c2ccc(F)cc2)c(C)c1. The van der Waals surface area contributed by atoms with Crippen LogP contribution < -0.4 is 5.32 Å². The molecular formula is C22H22FN3OS. The van der Waals surface area contributed by atoms with Crippen LogP contribution in [0.3, 0.4) is 0 Å². The van der Waals surface area contributed by atoms with Crippen LogP contribution in [0.2, 0.25) is 0 Å². The molecule has 2 aromatic carbocycles. The highest BCUT2D eigenvalue weighted by Crippen LogP contribution is 2.37. The lowest BCUT2D eigenvalue weighted by molar-refractivity contribution is -0.120. The minimum absolute atomic E-state index is 0.0608. The maximum absolute atomic E-state index is 13.4. The molecule has 1 atom stereocenters. The van der Waals surface area contributed by atoms with Crippen LogP contribution in [0.5, 0.6) is 0 Å². The van der Waals surface area contributed by atoms with E-state index in [0.717, 1.165) is 34.8 Å². The van der Waals surface area contributed by atoms with E-state index < -0.39 is 5.25 Å². The second kappa shape index (κ2) is 7.80. The molecule has 28 heavy (non-hydrogen) atoms. The third-order valence-corrected chi connectivity index (χ3v) is 6.01. The van der Waals surface area contributed by atoms with Crippen molar-refractivity contribution in [2.24, 2.45) is 0 Å². The van der Waals surface area contributed by atoms with Crippen LogP contribution in [0.1, 0.15) is 34.8 Å². The van der Waals surface area contributed by atoms with Gasteiger partial charge in [-0.1, -0.05) is 41.6 Å². The van der Waals surface area contributed by atoms with E-state index in [1.54, 1.807) is 18.3 Å². The highest BCUT2D eigenvalue weighted by atomic mass is 32.2. The average molecular weight is 396 g/mol. The molecule has 1 heterocycles. The number of imidazole rings is 1. The molecule has 1 aliphatic rings. The highest BCUT2D eigenvalue weighted by molar-refractivity contribution is 8.00. The lowest BCUT2D eigenvalue weighted by atomic mass is 10.1. The van der Waals surface area contributed by atoms with Gasteiger partial charge in [-0.3, -0.25) is 9.36 Å². The maximum Gasteiger partial charge on any atom is 0.238 e. The summed E-state index contributed by atoms with van der Waals surface area (Å²) in [5.74, 6) is -0.374. The van der Waals surface area contributed by atoms with Crippen LogP contribution in [0, 0.1) is 19.7 Å². The number of nitrogens with zero attached hydrogens (tertiary/aromatic N) is 2. The van der Waals surface area contributed by atoms with Crippen molar-refractivity contribution in [3.63, 3.8) is 0 Å². The van der Waals surface area contributed by atoms with Crippen molar-refractivity contribution in [2.75, 3.05) is 0 Å². The third kappa shape index (κ3) is 4.12. The molecule has 4 nitrogen and oxygen atoms in total. The number of carbonyl (C=O) groups is 1. The summed E-state index contributed by atoms with van der Waals surface area (Å²) in [5, 5.41) is 3.30. The van der Waals surface area contributed by atoms with Crippen molar-refractivity contribution in [1.82, 2.24) is 14.9 Å². The average Bonchev–Trinajstić information content (AvgIpc) is 3.36. The summed E-state index contributed by atoms with van der Waals surface area (Å²) < 4.78 is 15.4. The number of carbonyl (C=O) groups excluding carboxylic acids is 1. The molecule has 1 N–H and O–H groups in total. The fourth-order valence-electron chi connectivity index (χ4n) is 3.16. The van der Waals surface area contributed by atoms with E-state index in [4.69, 9.17) is 0 Å². The zero-order chi connectivity index (χ0) is 19.7. The van der Waals surface area contributed by atoms with E-state index in [0.29, 0.717) is 0 Å². The summed E-state index contributed by atoms with van der Waals surface area (Å²) in [6, 6.07) is 12.6. The number of thioether (sulfide) groups is 1. The molecule has 1 fully saturated rings. The molecule has 0 spiro atoms. The van der Waals surface area contributed by atoms with Gasteiger partial charge < -0.3 is 5.32 Å². The number of hydrogen-bond acceptors (Lipinski definition) is 3. The van der Waals surface area contributed by atoms with Gasteiger partial charge in [-0.15, -0.1) is 0 Å². The van der Waals surface area contributed by atoms with Crippen molar-refractivity contribution in [3.8, 4) is 5.69 Å². The number of benzene rings is 2. The van der Waals surface area contributed by atoms with Crippen molar-refractivity contribution in [2.45, 2.75) is 43.1 Å². The van der Waals surface area contributed by atoms with Crippen LogP contribution in [0.25, 0.3) is 5.69 Å². The molecule has 3 aromatic rings.